The second kappa shape index (κ2) is 10.3. The molecule has 1 unspecified atom stereocenters. The van der Waals surface area contributed by atoms with Gasteiger partial charge in [-0.05, 0) is 46.9 Å². The van der Waals surface area contributed by atoms with Gasteiger partial charge in [0, 0.05) is 12.5 Å². The molecule has 0 spiro atoms. The fourth-order valence-electron chi connectivity index (χ4n) is 5.15. The number of rotatable bonds is 10. The first-order valence-corrected chi connectivity index (χ1v) is 12.0. The van der Waals surface area contributed by atoms with E-state index in [9.17, 15) is 19.5 Å². The van der Waals surface area contributed by atoms with Crippen LogP contribution in [0.3, 0.4) is 0 Å². The lowest BCUT2D eigenvalue weighted by Crippen LogP contribution is -2.51. The predicted molar refractivity (Wildman–Crippen MR) is 128 cm³/mol. The van der Waals surface area contributed by atoms with Crippen LogP contribution in [0.1, 0.15) is 62.5 Å². The van der Waals surface area contributed by atoms with Crippen LogP contribution in [-0.4, -0.2) is 42.3 Å². The van der Waals surface area contributed by atoms with Crippen molar-refractivity contribution >= 4 is 18.0 Å². The molecular weight excluding hydrogens is 432 g/mol. The summed E-state index contributed by atoms with van der Waals surface area (Å²) in [5, 5.41) is 14.8. The third-order valence-corrected chi connectivity index (χ3v) is 7.11. The van der Waals surface area contributed by atoms with Crippen LogP contribution in [0.2, 0.25) is 0 Å². The molecule has 2 aliphatic carbocycles. The fourth-order valence-corrected chi connectivity index (χ4v) is 5.15. The molecule has 0 radical (unpaired) electrons. The van der Waals surface area contributed by atoms with Gasteiger partial charge in [-0.2, -0.15) is 0 Å². The number of carboxylic acid groups (broad SMARTS) is 1. The number of carboxylic acids is 1. The Hall–Kier alpha value is -3.35. The zero-order chi connectivity index (χ0) is 24.1. The lowest BCUT2D eigenvalue weighted by molar-refractivity contribution is -0.142. The van der Waals surface area contributed by atoms with Gasteiger partial charge in [0.2, 0.25) is 5.91 Å². The van der Waals surface area contributed by atoms with Gasteiger partial charge in [-0.25, -0.2) is 4.79 Å². The van der Waals surface area contributed by atoms with Gasteiger partial charge in [0.1, 0.15) is 12.6 Å². The van der Waals surface area contributed by atoms with Crippen molar-refractivity contribution in [3.63, 3.8) is 0 Å². The topological polar surface area (TPSA) is 105 Å². The highest BCUT2D eigenvalue weighted by Gasteiger charge is 2.39. The molecule has 7 heteroatoms. The maximum atomic E-state index is 12.8. The molecule has 1 saturated carbocycles. The minimum atomic E-state index is -0.851. The van der Waals surface area contributed by atoms with Gasteiger partial charge in [-0.3, -0.25) is 9.59 Å². The van der Waals surface area contributed by atoms with E-state index in [-0.39, 0.29) is 30.3 Å². The summed E-state index contributed by atoms with van der Waals surface area (Å²) < 4.78 is 5.59. The van der Waals surface area contributed by atoms with Crippen molar-refractivity contribution in [2.45, 2.75) is 57.4 Å². The normalized spacial score (nSPS) is 16.5. The molecule has 4 rings (SSSR count). The highest BCUT2D eigenvalue weighted by molar-refractivity contribution is 5.86. The first kappa shape index (κ1) is 23.8. The van der Waals surface area contributed by atoms with Crippen LogP contribution in [0.5, 0.6) is 0 Å². The van der Waals surface area contributed by atoms with E-state index in [1.807, 2.05) is 31.2 Å². The van der Waals surface area contributed by atoms with Crippen molar-refractivity contribution in [2.24, 2.45) is 5.41 Å². The molecule has 7 nitrogen and oxygen atoms in total. The summed E-state index contributed by atoms with van der Waals surface area (Å²) in [7, 11) is 0. The summed E-state index contributed by atoms with van der Waals surface area (Å²) in [6, 6.07) is 15.5. The number of fused-ring (bicyclic) bond motifs is 3. The number of nitrogens with one attached hydrogen (secondary N) is 2. The standard InChI is InChI=1S/C27H32N2O5/c1-2-8-23(25(32)28-17-27(13-7-14-27)15-24(30)31)29-26(33)34-16-22-20-11-5-3-9-18(20)19-10-4-6-12-21(19)22/h3-6,9-12,22-23H,2,7-8,13-17H2,1H3,(H,28,32)(H,29,33)(H,30,31). The van der Waals surface area contributed by atoms with Crippen LogP contribution in [-0.2, 0) is 14.3 Å². The molecule has 180 valence electrons. The SMILES string of the molecule is CCCC(NC(=O)OCC1c2ccccc2-c2ccccc21)C(=O)NCC1(CC(=O)O)CCC1. The minimum absolute atomic E-state index is 0.0472. The zero-order valence-corrected chi connectivity index (χ0v) is 19.5. The molecule has 1 atom stereocenters. The number of hydrogen-bond acceptors (Lipinski definition) is 4. The maximum absolute atomic E-state index is 12.8. The van der Waals surface area contributed by atoms with Crippen molar-refractivity contribution in [3.05, 3.63) is 59.7 Å². The number of carbonyl (C=O) groups is 3. The quantitative estimate of drug-likeness (QED) is 0.482. The summed E-state index contributed by atoms with van der Waals surface area (Å²) in [5.74, 6) is -1.20. The molecular formula is C27H32N2O5. The third kappa shape index (κ3) is 5.08. The monoisotopic (exact) mass is 464 g/mol. The number of carbonyl (C=O) groups excluding carboxylic acids is 2. The maximum Gasteiger partial charge on any atom is 0.407 e. The molecule has 0 aromatic heterocycles. The Morgan fingerprint density at radius 2 is 1.68 bits per heavy atom. The Morgan fingerprint density at radius 3 is 2.21 bits per heavy atom. The number of ether oxygens (including phenoxy) is 1. The van der Waals surface area contributed by atoms with Crippen molar-refractivity contribution in [2.75, 3.05) is 13.2 Å². The predicted octanol–water partition coefficient (Wildman–Crippen LogP) is 4.46. The van der Waals surface area contributed by atoms with Crippen molar-refractivity contribution in [1.82, 2.24) is 10.6 Å². The minimum Gasteiger partial charge on any atom is -0.481 e. The molecule has 1 fully saturated rings. The van der Waals surface area contributed by atoms with E-state index in [0.29, 0.717) is 19.4 Å². The van der Waals surface area contributed by atoms with Crippen molar-refractivity contribution in [1.29, 1.82) is 0 Å². The van der Waals surface area contributed by atoms with E-state index in [1.54, 1.807) is 0 Å². The highest BCUT2D eigenvalue weighted by atomic mass is 16.5. The van der Waals surface area contributed by atoms with E-state index in [0.717, 1.165) is 41.5 Å². The third-order valence-electron chi connectivity index (χ3n) is 7.11. The van der Waals surface area contributed by atoms with Gasteiger partial charge in [-0.1, -0.05) is 68.3 Å². The molecule has 34 heavy (non-hydrogen) atoms. The van der Waals surface area contributed by atoms with E-state index in [2.05, 4.69) is 34.9 Å². The summed E-state index contributed by atoms with van der Waals surface area (Å²) >= 11 is 0. The molecule has 2 aliphatic rings. The van der Waals surface area contributed by atoms with Crippen LogP contribution in [0.25, 0.3) is 11.1 Å². The first-order chi connectivity index (χ1) is 16.4. The summed E-state index contributed by atoms with van der Waals surface area (Å²) in [5.41, 5.74) is 4.19. The van der Waals surface area contributed by atoms with Gasteiger partial charge in [-0.15, -0.1) is 0 Å². The Bertz CT molecular complexity index is 1020. The highest BCUT2D eigenvalue weighted by Crippen LogP contribution is 2.45. The van der Waals surface area contributed by atoms with Crippen LogP contribution >= 0.6 is 0 Å². The van der Waals surface area contributed by atoms with E-state index >= 15 is 0 Å². The number of benzene rings is 2. The second-order valence-corrected chi connectivity index (χ2v) is 9.45. The molecule has 0 aliphatic heterocycles. The van der Waals surface area contributed by atoms with Crippen LogP contribution < -0.4 is 10.6 Å². The fraction of sp³-hybridized carbons (Fsp3) is 0.444. The van der Waals surface area contributed by atoms with Gasteiger partial charge < -0.3 is 20.5 Å². The Balaban J connectivity index is 1.34. The number of amides is 2. The van der Waals surface area contributed by atoms with Gasteiger partial charge in [0.25, 0.3) is 0 Å². The largest absolute Gasteiger partial charge is 0.481 e. The first-order valence-electron chi connectivity index (χ1n) is 12.0. The number of hydrogen-bond donors (Lipinski definition) is 3. The molecule has 2 aromatic carbocycles. The van der Waals surface area contributed by atoms with Gasteiger partial charge >= 0.3 is 12.1 Å². The molecule has 0 heterocycles. The summed E-state index contributed by atoms with van der Waals surface area (Å²) in [4.78, 5) is 36.6. The average Bonchev–Trinajstić information content (AvgIpc) is 3.12. The van der Waals surface area contributed by atoms with Crippen molar-refractivity contribution in [3.8, 4) is 11.1 Å². The second-order valence-electron chi connectivity index (χ2n) is 9.45. The lowest BCUT2D eigenvalue weighted by atomic mass is 9.66. The lowest BCUT2D eigenvalue weighted by Gasteiger charge is -2.41. The zero-order valence-electron chi connectivity index (χ0n) is 19.5. The summed E-state index contributed by atoms with van der Waals surface area (Å²) in [6.07, 6.45) is 3.16. The molecule has 0 saturated heterocycles. The average molecular weight is 465 g/mol. The van der Waals surface area contributed by atoms with E-state index < -0.39 is 18.1 Å². The number of aliphatic carboxylic acids is 1. The Kier molecular flexibility index (Phi) is 7.20. The Labute approximate surface area is 199 Å². The van der Waals surface area contributed by atoms with Crippen LogP contribution in [0.15, 0.2) is 48.5 Å². The van der Waals surface area contributed by atoms with Gasteiger partial charge in [0.15, 0.2) is 0 Å². The number of alkyl carbamates (subject to hydrolysis) is 1. The van der Waals surface area contributed by atoms with E-state index in [1.165, 1.54) is 0 Å². The van der Waals surface area contributed by atoms with Crippen LogP contribution in [0, 0.1) is 5.41 Å². The van der Waals surface area contributed by atoms with E-state index in [4.69, 9.17) is 4.74 Å². The smallest absolute Gasteiger partial charge is 0.407 e. The summed E-state index contributed by atoms with van der Waals surface area (Å²) in [6.45, 7) is 2.43. The molecule has 2 amide bonds. The Morgan fingerprint density at radius 1 is 1.06 bits per heavy atom. The molecule has 2 aromatic rings. The van der Waals surface area contributed by atoms with Crippen molar-refractivity contribution < 1.29 is 24.2 Å². The molecule has 0 bridgehead atoms. The van der Waals surface area contributed by atoms with Crippen LogP contribution in [0.4, 0.5) is 4.79 Å². The molecule has 3 N–H and O–H groups in total. The van der Waals surface area contributed by atoms with Gasteiger partial charge in [0.05, 0.1) is 6.42 Å².